The fourth-order valence-electron chi connectivity index (χ4n) is 5.21. The molecule has 192 valence electrons. The molecule has 0 N–H and O–H groups in total. The Labute approximate surface area is 209 Å². The second-order valence-electron chi connectivity index (χ2n) is 10.4. The van der Waals surface area contributed by atoms with E-state index in [-0.39, 0.29) is 30.9 Å². The number of hydrogen-bond donors (Lipinski definition) is 0. The smallest absolute Gasteiger partial charge is 0.413 e. The van der Waals surface area contributed by atoms with E-state index in [1.54, 1.807) is 32.9 Å². The second-order valence-corrected chi connectivity index (χ2v) is 10.4. The lowest BCUT2D eigenvalue weighted by Gasteiger charge is -2.38. The summed E-state index contributed by atoms with van der Waals surface area (Å²) >= 11 is 0. The van der Waals surface area contributed by atoms with Gasteiger partial charge >= 0.3 is 12.1 Å². The number of morpholine rings is 1. The Balaban J connectivity index is 1.54. The van der Waals surface area contributed by atoms with Crippen LogP contribution in [0.2, 0.25) is 0 Å². The molecule has 8 nitrogen and oxygen atoms in total. The molecule has 5 rings (SSSR count). The van der Waals surface area contributed by atoms with Crippen molar-refractivity contribution in [1.29, 1.82) is 0 Å². The minimum absolute atomic E-state index is 0.0126. The molecule has 36 heavy (non-hydrogen) atoms. The molecular formula is C27H31FN2O6. The summed E-state index contributed by atoms with van der Waals surface area (Å²) < 4.78 is 37.7. The Morgan fingerprint density at radius 2 is 1.81 bits per heavy atom. The molecule has 2 fully saturated rings. The molecule has 0 aliphatic carbocycles. The highest BCUT2D eigenvalue weighted by Gasteiger charge is 2.40. The molecule has 2 bridgehead atoms. The molecule has 2 aromatic rings. The molecule has 2 aromatic carbocycles. The monoisotopic (exact) mass is 498 g/mol. The van der Waals surface area contributed by atoms with Crippen LogP contribution < -0.4 is 9.64 Å². The Bertz CT molecular complexity index is 1180. The van der Waals surface area contributed by atoms with Gasteiger partial charge in [0.2, 0.25) is 0 Å². The van der Waals surface area contributed by atoms with E-state index in [9.17, 15) is 9.59 Å². The van der Waals surface area contributed by atoms with Crippen LogP contribution in [0.3, 0.4) is 0 Å². The van der Waals surface area contributed by atoms with Gasteiger partial charge in [-0.2, -0.15) is 0 Å². The molecule has 0 spiro atoms. The number of amides is 1. The van der Waals surface area contributed by atoms with Gasteiger partial charge in [-0.05, 0) is 45.7 Å². The summed E-state index contributed by atoms with van der Waals surface area (Å²) in [5, 5.41) is 0. The number of hydrogen-bond acceptors (Lipinski definition) is 7. The number of benzene rings is 2. The lowest BCUT2D eigenvalue weighted by molar-refractivity contribution is 0.00247. The number of esters is 1. The third kappa shape index (κ3) is 4.48. The molecular weight excluding hydrogens is 467 g/mol. The predicted molar refractivity (Wildman–Crippen MR) is 131 cm³/mol. The first-order chi connectivity index (χ1) is 17.2. The van der Waals surface area contributed by atoms with Gasteiger partial charge in [-0.1, -0.05) is 18.2 Å². The Kier molecular flexibility index (Phi) is 6.28. The summed E-state index contributed by atoms with van der Waals surface area (Å²) in [4.78, 5) is 28.8. The van der Waals surface area contributed by atoms with Crippen LogP contribution in [-0.4, -0.2) is 61.7 Å². The third-order valence-electron chi connectivity index (χ3n) is 6.77. The number of para-hydroxylation sites is 1. The fraction of sp³-hybridized carbons (Fsp3) is 0.481. The van der Waals surface area contributed by atoms with Crippen molar-refractivity contribution in [1.82, 2.24) is 4.90 Å². The van der Waals surface area contributed by atoms with E-state index in [4.69, 9.17) is 18.9 Å². The van der Waals surface area contributed by atoms with Crippen molar-refractivity contribution in [2.45, 2.75) is 57.8 Å². The first-order valence-electron chi connectivity index (χ1n) is 12.2. The summed E-state index contributed by atoms with van der Waals surface area (Å²) in [6, 6.07) is 8.65. The average Bonchev–Trinajstić information content (AvgIpc) is 3.09. The number of carbonyl (C=O) groups excluding carboxylic acids is 2. The van der Waals surface area contributed by atoms with E-state index in [0.29, 0.717) is 35.8 Å². The molecule has 0 aromatic heterocycles. The van der Waals surface area contributed by atoms with Gasteiger partial charge in [-0.3, -0.25) is 4.90 Å². The Morgan fingerprint density at radius 1 is 1.08 bits per heavy atom. The van der Waals surface area contributed by atoms with Crippen LogP contribution in [0, 0.1) is 5.82 Å². The zero-order chi connectivity index (χ0) is 25.6. The van der Waals surface area contributed by atoms with Gasteiger partial charge in [0.15, 0.2) is 6.73 Å². The molecule has 3 aliphatic rings. The highest BCUT2D eigenvalue weighted by atomic mass is 19.1. The van der Waals surface area contributed by atoms with E-state index in [1.165, 1.54) is 18.1 Å². The number of nitrogens with zero attached hydrogens (tertiary/aromatic N) is 2. The fourth-order valence-corrected chi connectivity index (χ4v) is 5.21. The zero-order valence-electron chi connectivity index (χ0n) is 21.0. The van der Waals surface area contributed by atoms with Crippen LogP contribution in [0.15, 0.2) is 30.3 Å². The average molecular weight is 499 g/mol. The standard InChI is InChI=1S/C27H31FN2O6/c1-27(2,3)36-26(32)29-12-16-6-5-7-19(24(16)35-15-29)20-11-23(21(10-22(20)28)25(31)33-4)30-17-8-9-18(30)14-34-13-17/h5-7,10-11,17-18H,8-9,12-15H2,1-4H3. The summed E-state index contributed by atoms with van der Waals surface area (Å²) in [5.41, 5.74) is 1.84. The first-order valence-corrected chi connectivity index (χ1v) is 12.2. The van der Waals surface area contributed by atoms with Crippen LogP contribution in [-0.2, 0) is 20.8 Å². The van der Waals surface area contributed by atoms with Crippen LogP contribution >= 0.6 is 0 Å². The van der Waals surface area contributed by atoms with E-state index >= 15 is 4.39 Å². The maximum Gasteiger partial charge on any atom is 0.413 e. The summed E-state index contributed by atoms with van der Waals surface area (Å²) in [6.45, 7) is 6.81. The predicted octanol–water partition coefficient (Wildman–Crippen LogP) is 4.73. The molecule has 3 aliphatic heterocycles. The summed E-state index contributed by atoms with van der Waals surface area (Å²) in [6.07, 6.45) is 1.42. The van der Waals surface area contributed by atoms with E-state index in [0.717, 1.165) is 18.4 Å². The summed E-state index contributed by atoms with van der Waals surface area (Å²) in [5.74, 6) is -0.620. The maximum absolute atomic E-state index is 15.6. The quantitative estimate of drug-likeness (QED) is 0.566. The van der Waals surface area contributed by atoms with E-state index in [2.05, 4.69) is 4.90 Å². The van der Waals surface area contributed by atoms with Gasteiger partial charge in [0.25, 0.3) is 0 Å². The van der Waals surface area contributed by atoms with E-state index < -0.39 is 23.5 Å². The summed E-state index contributed by atoms with van der Waals surface area (Å²) in [7, 11) is 1.30. The Morgan fingerprint density at radius 3 is 2.47 bits per heavy atom. The van der Waals surface area contributed by atoms with Gasteiger partial charge < -0.3 is 23.8 Å². The molecule has 2 saturated heterocycles. The number of halogens is 1. The number of anilines is 1. The van der Waals surface area contributed by atoms with Gasteiger partial charge in [0.1, 0.15) is 17.2 Å². The zero-order valence-corrected chi connectivity index (χ0v) is 21.0. The van der Waals surface area contributed by atoms with E-state index in [1.807, 2.05) is 12.1 Å². The van der Waals surface area contributed by atoms with Crippen molar-refractivity contribution in [2.75, 3.05) is 32.0 Å². The van der Waals surface area contributed by atoms with Gasteiger partial charge in [0.05, 0.1) is 50.2 Å². The van der Waals surface area contributed by atoms with Crippen molar-refractivity contribution in [2.24, 2.45) is 0 Å². The highest BCUT2D eigenvalue weighted by molar-refractivity contribution is 5.97. The molecule has 2 atom stereocenters. The first kappa shape index (κ1) is 24.4. The molecule has 2 unspecified atom stereocenters. The minimum Gasteiger partial charge on any atom is -0.472 e. The van der Waals surface area contributed by atoms with Crippen LogP contribution in [0.4, 0.5) is 14.9 Å². The van der Waals surface area contributed by atoms with Gasteiger partial charge in [-0.25, -0.2) is 14.0 Å². The van der Waals surface area contributed by atoms with Crippen molar-refractivity contribution >= 4 is 17.7 Å². The van der Waals surface area contributed by atoms with Crippen LogP contribution in [0.1, 0.15) is 49.5 Å². The van der Waals surface area contributed by atoms with Crippen LogP contribution in [0.25, 0.3) is 11.1 Å². The van der Waals surface area contributed by atoms with Crippen LogP contribution in [0.5, 0.6) is 5.75 Å². The molecule has 0 saturated carbocycles. The highest BCUT2D eigenvalue weighted by Crippen LogP contribution is 2.43. The number of fused-ring (bicyclic) bond motifs is 3. The molecule has 1 amide bonds. The number of rotatable bonds is 3. The maximum atomic E-state index is 15.6. The van der Waals surface area contributed by atoms with Crippen molar-refractivity contribution in [3.8, 4) is 16.9 Å². The molecule has 3 heterocycles. The van der Waals surface area contributed by atoms with Crippen molar-refractivity contribution < 1.29 is 32.9 Å². The lowest BCUT2D eigenvalue weighted by atomic mass is 9.96. The molecule has 0 radical (unpaired) electrons. The number of methoxy groups -OCH3 is 1. The molecule has 9 heteroatoms. The SMILES string of the molecule is COC(=O)c1cc(F)c(-c2cccc3c2OCN(C(=O)OC(C)(C)C)C3)cc1N1C2CCC1COC2. The van der Waals surface area contributed by atoms with Crippen molar-refractivity contribution in [3.63, 3.8) is 0 Å². The lowest BCUT2D eigenvalue weighted by Crippen LogP contribution is -2.46. The van der Waals surface area contributed by atoms with Gasteiger partial charge in [0, 0.05) is 16.7 Å². The largest absolute Gasteiger partial charge is 0.472 e. The third-order valence-corrected chi connectivity index (χ3v) is 6.77. The normalized spacial score (nSPS) is 21.0. The number of carbonyl (C=O) groups is 2. The van der Waals surface area contributed by atoms with Gasteiger partial charge in [-0.15, -0.1) is 0 Å². The Hall–Kier alpha value is -3.33. The van der Waals surface area contributed by atoms with Crippen molar-refractivity contribution in [3.05, 3.63) is 47.3 Å². The minimum atomic E-state index is -0.626. The topological polar surface area (TPSA) is 77.5 Å². The second kappa shape index (κ2) is 9.28. The number of ether oxygens (including phenoxy) is 4.